The largest absolute Gasteiger partial charge is 0.497 e. The van der Waals surface area contributed by atoms with E-state index in [0.29, 0.717) is 54.5 Å². The first-order chi connectivity index (χ1) is 20.3. The van der Waals surface area contributed by atoms with Gasteiger partial charge in [-0.05, 0) is 73.5 Å². The summed E-state index contributed by atoms with van der Waals surface area (Å²) in [6, 6.07) is 17.7. The number of nitrogens with one attached hydrogen (secondary N) is 2. The summed E-state index contributed by atoms with van der Waals surface area (Å²) in [7, 11) is 3.22. The number of rotatable bonds is 9. The molecule has 4 aromatic carbocycles. The van der Waals surface area contributed by atoms with Gasteiger partial charge in [0.05, 0.1) is 14.2 Å². The van der Waals surface area contributed by atoms with E-state index in [2.05, 4.69) is 10.9 Å². The van der Waals surface area contributed by atoms with E-state index in [-0.39, 0.29) is 23.8 Å². The molecule has 6 rings (SSSR count). The molecule has 2 atom stereocenters. The highest BCUT2D eigenvalue weighted by Crippen LogP contribution is 2.44. The molecule has 0 bridgehead atoms. The molecule has 6 nitrogen and oxygen atoms in total. The van der Waals surface area contributed by atoms with Crippen LogP contribution in [0.2, 0.25) is 0 Å². The Labute approximate surface area is 244 Å². The van der Waals surface area contributed by atoms with Crippen LogP contribution in [0.25, 0.3) is 22.3 Å². The van der Waals surface area contributed by atoms with Crippen LogP contribution in [0.1, 0.15) is 22.3 Å². The van der Waals surface area contributed by atoms with Crippen molar-refractivity contribution < 1.29 is 27.7 Å². The Morgan fingerprint density at radius 2 is 1.29 bits per heavy atom. The van der Waals surface area contributed by atoms with Crippen LogP contribution in [0.3, 0.4) is 0 Å². The topological polar surface area (TPSA) is 61.0 Å². The highest BCUT2D eigenvalue weighted by atomic mass is 19.1. The van der Waals surface area contributed by atoms with Crippen LogP contribution in [0, 0.1) is 25.5 Å². The number of methoxy groups -OCH3 is 2. The quantitative estimate of drug-likeness (QED) is 0.181. The molecule has 0 amide bonds. The van der Waals surface area contributed by atoms with Crippen LogP contribution in [0.5, 0.6) is 23.0 Å². The van der Waals surface area contributed by atoms with Crippen molar-refractivity contribution in [1.29, 1.82) is 0 Å². The first kappa shape index (κ1) is 28.0. The number of hydrogen-bond acceptors (Lipinski definition) is 6. The summed E-state index contributed by atoms with van der Waals surface area (Å²) in [6.45, 7) is 4.99. The first-order valence-electron chi connectivity index (χ1n) is 14.1. The zero-order valence-corrected chi connectivity index (χ0v) is 24.1. The van der Waals surface area contributed by atoms with Crippen LogP contribution in [0.4, 0.5) is 8.78 Å². The summed E-state index contributed by atoms with van der Waals surface area (Å²) < 4.78 is 52.8. The van der Waals surface area contributed by atoms with Crippen molar-refractivity contribution in [3.8, 4) is 45.3 Å². The lowest BCUT2D eigenvalue weighted by Crippen LogP contribution is -2.44. The molecule has 0 radical (unpaired) electrons. The molecule has 0 spiro atoms. The van der Waals surface area contributed by atoms with Gasteiger partial charge in [-0.1, -0.05) is 17.7 Å². The number of hydrazine groups is 1. The van der Waals surface area contributed by atoms with E-state index >= 15 is 0 Å². The minimum atomic E-state index is -0.305. The van der Waals surface area contributed by atoms with Gasteiger partial charge in [0.25, 0.3) is 0 Å². The second-order valence-electron chi connectivity index (χ2n) is 10.9. The molecule has 0 saturated carbocycles. The summed E-state index contributed by atoms with van der Waals surface area (Å²) in [5.74, 6) is 2.17. The molecule has 0 saturated heterocycles. The van der Waals surface area contributed by atoms with Crippen molar-refractivity contribution >= 4 is 0 Å². The van der Waals surface area contributed by atoms with Crippen LogP contribution in [-0.2, 0) is 12.8 Å². The number of fused-ring (bicyclic) bond motifs is 2. The fraction of sp³-hybridized carbons (Fsp3) is 0.294. The third kappa shape index (κ3) is 5.52. The highest BCUT2D eigenvalue weighted by Gasteiger charge is 2.30. The van der Waals surface area contributed by atoms with Crippen molar-refractivity contribution in [2.75, 3.05) is 27.3 Å². The van der Waals surface area contributed by atoms with E-state index in [1.54, 1.807) is 26.4 Å². The highest BCUT2D eigenvalue weighted by molar-refractivity contribution is 5.79. The predicted octanol–water partition coefficient (Wildman–Crippen LogP) is 6.33. The van der Waals surface area contributed by atoms with Crippen LogP contribution < -0.4 is 29.8 Å². The zero-order valence-electron chi connectivity index (χ0n) is 24.1. The Bertz CT molecular complexity index is 1640. The van der Waals surface area contributed by atoms with Crippen molar-refractivity contribution in [2.24, 2.45) is 0 Å². The Morgan fingerprint density at radius 1 is 0.690 bits per heavy atom. The molecule has 8 heteroatoms. The maximum atomic E-state index is 14.6. The smallest absolute Gasteiger partial charge is 0.131 e. The predicted molar refractivity (Wildman–Crippen MR) is 158 cm³/mol. The van der Waals surface area contributed by atoms with E-state index < -0.39 is 0 Å². The van der Waals surface area contributed by atoms with E-state index in [0.717, 1.165) is 38.9 Å². The first-order valence-corrected chi connectivity index (χ1v) is 14.1. The Balaban J connectivity index is 1.09. The molecule has 42 heavy (non-hydrogen) atoms. The molecule has 0 fully saturated rings. The van der Waals surface area contributed by atoms with E-state index in [1.165, 1.54) is 12.1 Å². The molecule has 2 heterocycles. The summed E-state index contributed by atoms with van der Waals surface area (Å²) in [6.07, 6.45) is 0.818. The zero-order chi connectivity index (χ0) is 29.4. The summed E-state index contributed by atoms with van der Waals surface area (Å²) in [5, 5.41) is 0. The van der Waals surface area contributed by atoms with Crippen molar-refractivity contribution in [3.63, 3.8) is 0 Å². The van der Waals surface area contributed by atoms with Crippen molar-refractivity contribution in [3.05, 3.63) is 94.6 Å². The van der Waals surface area contributed by atoms with Crippen LogP contribution in [0.15, 0.2) is 60.7 Å². The standard InChI is InChI=1S/C34H34F2N2O4/c1-19-5-8-32(40-4)29(9-19)31-15-24(36)11-22-13-27(42-34(22)31)18-38-37-17-26-12-21-10-23(35)14-30(33(21)41-26)28-16-25(39-3)7-6-20(28)2/h5-11,14-16,26-27,37-38H,12-13,17-18H2,1-4H3. The van der Waals surface area contributed by atoms with Gasteiger partial charge in [0.2, 0.25) is 0 Å². The molecule has 2 unspecified atom stereocenters. The Hall–Kier alpha value is -4.14. The molecular formula is C34H34F2N2O4. The molecule has 218 valence electrons. The van der Waals surface area contributed by atoms with Crippen molar-refractivity contribution in [1.82, 2.24) is 10.9 Å². The average Bonchev–Trinajstić information content (AvgIpc) is 3.58. The van der Waals surface area contributed by atoms with Gasteiger partial charge in [-0.25, -0.2) is 8.78 Å². The Morgan fingerprint density at radius 3 is 1.86 bits per heavy atom. The van der Waals surface area contributed by atoms with Gasteiger partial charge < -0.3 is 18.9 Å². The number of ether oxygens (including phenoxy) is 4. The van der Waals surface area contributed by atoms with Gasteiger partial charge in [-0.2, -0.15) is 0 Å². The minimum Gasteiger partial charge on any atom is -0.497 e. The lowest BCUT2D eigenvalue weighted by atomic mass is 9.96. The molecule has 2 aliphatic rings. The summed E-state index contributed by atoms with van der Waals surface area (Å²) >= 11 is 0. The van der Waals surface area contributed by atoms with E-state index in [1.807, 2.05) is 50.2 Å². The van der Waals surface area contributed by atoms with Gasteiger partial charge in [0, 0.05) is 53.7 Å². The second kappa shape index (κ2) is 11.6. The molecule has 0 aliphatic carbocycles. The van der Waals surface area contributed by atoms with Crippen LogP contribution in [-0.4, -0.2) is 39.5 Å². The van der Waals surface area contributed by atoms with Gasteiger partial charge in [-0.15, -0.1) is 0 Å². The second-order valence-corrected chi connectivity index (χ2v) is 10.9. The third-order valence-electron chi connectivity index (χ3n) is 7.89. The number of hydrogen-bond donors (Lipinski definition) is 2. The average molecular weight is 573 g/mol. The van der Waals surface area contributed by atoms with Crippen LogP contribution >= 0.6 is 0 Å². The lowest BCUT2D eigenvalue weighted by Gasteiger charge is -2.17. The lowest BCUT2D eigenvalue weighted by molar-refractivity contribution is 0.198. The van der Waals surface area contributed by atoms with Gasteiger partial charge >= 0.3 is 0 Å². The number of aryl methyl sites for hydroxylation is 2. The summed E-state index contributed by atoms with van der Waals surface area (Å²) in [4.78, 5) is 0. The molecule has 2 aliphatic heterocycles. The maximum absolute atomic E-state index is 14.6. The SMILES string of the molecule is COc1ccc(C)c(-c2cc(F)cc3c2OC(CNNCC2Cc4cc(F)cc(-c5cc(C)ccc5OC)c4O2)C3)c1. The van der Waals surface area contributed by atoms with Gasteiger partial charge in [-0.3, -0.25) is 10.9 Å². The molecule has 2 N–H and O–H groups in total. The monoisotopic (exact) mass is 572 g/mol. The number of benzene rings is 4. The van der Waals surface area contributed by atoms with E-state index in [9.17, 15) is 8.78 Å². The summed E-state index contributed by atoms with van der Waals surface area (Å²) in [5.41, 5.74) is 13.3. The Kier molecular flexibility index (Phi) is 7.75. The molecular weight excluding hydrogens is 538 g/mol. The molecule has 4 aromatic rings. The third-order valence-corrected chi connectivity index (χ3v) is 7.89. The van der Waals surface area contributed by atoms with Gasteiger partial charge in [0.15, 0.2) is 0 Å². The maximum Gasteiger partial charge on any atom is 0.131 e. The fourth-order valence-corrected chi connectivity index (χ4v) is 5.84. The minimum absolute atomic E-state index is 0.171. The fourth-order valence-electron chi connectivity index (χ4n) is 5.84. The number of halogens is 2. The van der Waals surface area contributed by atoms with Crippen molar-refractivity contribution in [2.45, 2.75) is 38.9 Å². The van der Waals surface area contributed by atoms with Gasteiger partial charge in [0.1, 0.15) is 46.8 Å². The van der Waals surface area contributed by atoms with E-state index in [4.69, 9.17) is 18.9 Å². The molecule has 0 aromatic heterocycles. The normalized spacial score (nSPS) is 16.9.